The molecule has 0 aliphatic rings. The van der Waals surface area contributed by atoms with Crippen LogP contribution in [0.4, 0.5) is 5.82 Å². The molecule has 3 rings (SSSR count). The summed E-state index contributed by atoms with van der Waals surface area (Å²) < 4.78 is 5.09. The van der Waals surface area contributed by atoms with E-state index in [9.17, 15) is 19.7 Å². The number of aromatic amines is 1. The van der Waals surface area contributed by atoms with Crippen LogP contribution in [0.15, 0.2) is 57.8 Å². The van der Waals surface area contributed by atoms with Crippen molar-refractivity contribution in [2.24, 2.45) is 0 Å². The molecule has 3 aromatic rings. The second kappa shape index (κ2) is 5.72. The smallest absolute Gasteiger partial charge is 0.347 e. The Bertz CT molecular complexity index is 997. The lowest BCUT2D eigenvalue weighted by Crippen LogP contribution is -2.11. The number of carbonyl (C=O) groups excluding carboxylic acids is 1. The molecule has 0 amide bonds. The Morgan fingerprint density at radius 2 is 2.00 bits per heavy atom. The van der Waals surface area contributed by atoms with Gasteiger partial charge in [-0.1, -0.05) is 18.2 Å². The molecular formula is C16H10N2O5. The highest BCUT2D eigenvalue weighted by Gasteiger charge is 2.12. The standard InChI is InChI=1S/C16H10N2O5/c19-13(7-5-11-6-8-15(17-11)18(21)22)12-9-10-3-1-2-4-14(10)23-16(12)20/h1-9,17H/b7-5+. The molecule has 1 N–H and O–H groups in total. The van der Waals surface area contributed by atoms with Gasteiger partial charge in [0.25, 0.3) is 0 Å². The third kappa shape index (κ3) is 2.93. The van der Waals surface area contributed by atoms with Crippen LogP contribution in [-0.4, -0.2) is 15.7 Å². The fourth-order valence-corrected chi connectivity index (χ4v) is 2.09. The molecule has 0 atom stereocenters. The maximum atomic E-state index is 12.1. The number of hydrogen-bond acceptors (Lipinski definition) is 5. The first-order valence-corrected chi connectivity index (χ1v) is 6.63. The molecule has 114 valence electrons. The van der Waals surface area contributed by atoms with Crippen LogP contribution in [0.25, 0.3) is 17.0 Å². The molecule has 1 aromatic carbocycles. The van der Waals surface area contributed by atoms with Gasteiger partial charge in [-0.2, -0.15) is 0 Å². The third-order valence-corrected chi connectivity index (χ3v) is 3.21. The maximum Gasteiger partial charge on any atom is 0.347 e. The molecule has 0 aliphatic heterocycles. The number of ketones is 1. The predicted molar refractivity (Wildman–Crippen MR) is 83.3 cm³/mol. The molecule has 0 radical (unpaired) electrons. The van der Waals surface area contributed by atoms with Gasteiger partial charge < -0.3 is 14.5 Å². The van der Waals surface area contributed by atoms with Gasteiger partial charge in [0, 0.05) is 11.5 Å². The third-order valence-electron chi connectivity index (χ3n) is 3.21. The number of fused-ring (bicyclic) bond motifs is 1. The van der Waals surface area contributed by atoms with E-state index in [2.05, 4.69) is 4.98 Å². The Kier molecular flexibility index (Phi) is 3.60. The number of aromatic nitrogens is 1. The van der Waals surface area contributed by atoms with E-state index in [0.29, 0.717) is 16.7 Å². The summed E-state index contributed by atoms with van der Waals surface area (Å²) in [5.74, 6) is -0.718. The summed E-state index contributed by atoms with van der Waals surface area (Å²) in [7, 11) is 0. The van der Waals surface area contributed by atoms with Crippen molar-refractivity contribution in [2.45, 2.75) is 0 Å². The molecule has 0 unspecified atom stereocenters. The van der Waals surface area contributed by atoms with Crippen LogP contribution in [0.5, 0.6) is 0 Å². The number of allylic oxidation sites excluding steroid dienone is 1. The van der Waals surface area contributed by atoms with Gasteiger partial charge in [-0.3, -0.25) is 4.79 Å². The van der Waals surface area contributed by atoms with E-state index in [1.807, 2.05) is 0 Å². The number of para-hydroxylation sites is 1. The lowest BCUT2D eigenvalue weighted by molar-refractivity contribution is -0.389. The Labute approximate surface area is 129 Å². The van der Waals surface area contributed by atoms with Gasteiger partial charge in [0.15, 0.2) is 5.78 Å². The van der Waals surface area contributed by atoms with Crippen LogP contribution in [0, 0.1) is 10.1 Å². The summed E-state index contributed by atoms with van der Waals surface area (Å²) in [4.78, 5) is 36.5. The number of H-pyrrole nitrogens is 1. The topological polar surface area (TPSA) is 106 Å². The first-order valence-electron chi connectivity index (χ1n) is 6.63. The van der Waals surface area contributed by atoms with Gasteiger partial charge >= 0.3 is 11.4 Å². The Morgan fingerprint density at radius 3 is 2.74 bits per heavy atom. The SMILES string of the molecule is O=C(/C=C/c1ccc([N+](=O)[O-])[nH]1)c1cc2ccccc2oc1=O. The summed E-state index contributed by atoms with van der Waals surface area (Å²) in [6.45, 7) is 0. The highest BCUT2D eigenvalue weighted by molar-refractivity contribution is 6.07. The molecule has 0 bridgehead atoms. The summed E-state index contributed by atoms with van der Waals surface area (Å²) in [6.07, 6.45) is 2.53. The molecule has 0 aliphatic carbocycles. The zero-order valence-corrected chi connectivity index (χ0v) is 11.7. The van der Waals surface area contributed by atoms with Crippen molar-refractivity contribution in [1.29, 1.82) is 0 Å². The van der Waals surface area contributed by atoms with Crippen LogP contribution in [-0.2, 0) is 0 Å². The Hall–Kier alpha value is -3.48. The second-order valence-corrected chi connectivity index (χ2v) is 4.74. The van der Waals surface area contributed by atoms with Crippen LogP contribution >= 0.6 is 0 Å². The summed E-state index contributed by atoms with van der Waals surface area (Å²) in [6, 6.07) is 11.1. The minimum atomic E-state index is -0.726. The van der Waals surface area contributed by atoms with Crippen molar-refractivity contribution in [2.75, 3.05) is 0 Å². The molecule has 0 saturated carbocycles. The maximum absolute atomic E-state index is 12.1. The van der Waals surface area contributed by atoms with Gasteiger partial charge in [0.05, 0.1) is 0 Å². The van der Waals surface area contributed by atoms with Gasteiger partial charge in [0.2, 0.25) is 0 Å². The number of nitrogens with one attached hydrogen (secondary N) is 1. The number of nitrogens with zero attached hydrogens (tertiary/aromatic N) is 1. The highest BCUT2D eigenvalue weighted by Crippen LogP contribution is 2.14. The number of nitro groups is 1. The van der Waals surface area contributed by atoms with Crippen LogP contribution < -0.4 is 5.63 Å². The van der Waals surface area contributed by atoms with E-state index in [0.717, 1.165) is 6.08 Å². The fourth-order valence-electron chi connectivity index (χ4n) is 2.09. The van der Waals surface area contributed by atoms with Crippen LogP contribution in [0.2, 0.25) is 0 Å². The first kappa shape index (κ1) is 14.5. The number of rotatable bonds is 4. The summed E-state index contributed by atoms with van der Waals surface area (Å²) in [5.41, 5.74) is -0.0370. The fraction of sp³-hybridized carbons (Fsp3) is 0. The summed E-state index contributed by atoms with van der Waals surface area (Å²) >= 11 is 0. The van der Waals surface area contributed by atoms with Gasteiger partial charge in [-0.05, 0) is 35.3 Å². The average Bonchev–Trinajstić information content (AvgIpc) is 3.01. The molecule has 0 saturated heterocycles. The molecule has 7 heteroatoms. The molecule has 23 heavy (non-hydrogen) atoms. The quantitative estimate of drug-likeness (QED) is 0.262. The minimum Gasteiger partial charge on any atom is -0.422 e. The normalized spacial score (nSPS) is 11.1. The van der Waals surface area contributed by atoms with Crippen molar-refractivity contribution >= 4 is 28.6 Å². The zero-order valence-electron chi connectivity index (χ0n) is 11.7. The lowest BCUT2D eigenvalue weighted by Gasteiger charge is -1.98. The number of benzene rings is 1. The van der Waals surface area contributed by atoms with Crippen molar-refractivity contribution in [1.82, 2.24) is 4.98 Å². The summed E-state index contributed by atoms with van der Waals surface area (Å²) in [5, 5.41) is 11.2. The van der Waals surface area contributed by atoms with Crippen molar-refractivity contribution in [3.63, 3.8) is 0 Å². The van der Waals surface area contributed by atoms with Crippen molar-refractivity contribution in [3.05, 3.63) is 80.3 Å². The van der Waals surface area contributed by atoms with E-state index < -0.39 is 16.3 Å². The van der Waals surface area contributed by atoms with E-state index in [4.69, 9.17) is 4.42 Å². The Balaban J connectivity index is 1.90. The van der Waals surface area contributed by atoms with Crippen LogP contribution in [0.3, 0.4) is 0 Å². The lowest BCUT2D eigenvalue weighted by atomic mass is 10.1. The molecule has 2 heterocycles. The number of carbonyl (C=O) groups is 1. The van der Waals surface area contributed by atoms with Crippen LogP contribution in [0.1, 0.15) is 16.1 Å². The van der Waals surface area contributed by atoms with E-state index in [1.165, 1.54) is 24.3 Å². The highest BCUT2D eigenvalue weighted by atomic mass is 16.6. The molecule has 0 fully saturated rings. The van der Waals surface area contributed by atoms with Crippen molar-refractivity contribution < 1.29 is 14.1 Å². The molecule has 0 spiro atoms. The molecule has 7 nitrogen and oxygen atoms in total. The predicted octanol–water partition coefficient (Wildman–Crippen LogP) is 2.93. The monoisotopic (exact) mass is 310 g/mol. The number of hydrogen-bond donors (Lipinski definition) is 1. The average molecular weight is 310 g/mol. The van der Waals surface area contributed by atoms with E-state index in [1.54, 1.807) is 24.3 Å². The largest absolute Gasteiger partial charge is 0.422 e. The van der Waals surface area contributed by atoms with Gasteiger partial charge in [-0.15, -0.1) is 0 Å². The van der Waals surface area contributed by atoms with E-state index >= 15 is 0 Å². The Morgan fingerprint density at radius 1 is 1.22 bits per heavy atom. The minimum absolute atomic E-state index is 0.0963. The molecular weight excluding hydrogens is 300 g/mol. The van der Waals surface area contributed by atoms with Crippen molar-refractivity contribution in [3.8, 4) is 0 Å². The van der Waals surface area contributed by atoms with E-state index in [-0.39, 0.29) is 11.4 Å². The zero-order chi connectivity index (χ0) is 16.4. The second-order valence-electron chi connectivity index (χ2n) is 4.74. The van der Waals surface area contributed by atoms with Gasteiger partial charge in [0.1, 0.15) is 16.8 Å². The van der Waals surface area contributed by atoms with Gasteiger partial charge in [-0.25, -0.2) is 9.78 Å². The first-order chi connectivity index (χ1) is 11.0. The molecule has 2 aromatic heterocycles.